The molecule has 0 spiro atoms. The van der Waals surface area contributed by atoms with Crippen molar-refractivity contribution < 1.29 is 42.5 Å². The summed E-state index contributed by atoms with van der Waals surface area (Å²) in [5, 5.41) is 0.682. The third-order valence-electron chi connectivity index (χ3n) is 5.36. The quantitative estimate of drug-likeness (QED) is 0.285. The molecule has 0 bridgehead atoms. The van der Waals surface area contributed by atoms with E-state index >= 15 is 0 Å². The Morgan fingerprint density at radius 1 is 0.833 bits per heavy atom. The highest BCUT2D eigenvalue weighted by molar-refractivity contribution is 5.93. The maximum Gasteiger partial charge on any atom is 0.336 e. The highest BCUT2D eigenvalue weighted by Crippen LogP contribution is 2.32. The summed E-state index contributed by atoms with van der Waals surface area (Å²) in [6.07, 6.45) is -4.65. The normalized spacial score (nSPS) is 21.4. The molecule has 0 saturated carbocycles. The molecule has 2 heterocycles. The van der Waals surface area contributed by atoms with Gasteiger partial charge in [-0.25, -0.2) is 4.79 Å². The van der Waals surface area contributed by atoms with Crippen LogP contribution in [0.2, 0.25) is 0 Å². The monoisotopic (exact) mass is 496 g/mol. The molecule has 0 radical (unpaired) electrons. The highest BCUT2D eigenvalue weighted by atomic mass is 16.7. The fourth-order valence-corrected chi connectivity index (χ4v) is 4.02. The zero-order chi connectivity index (χ0) is 25.8. The second kappa shape index (κ2) is 10.6. The first-order valence-electron chi connectivity index (χ1n) is 11.1. The van der Waals surface area contributed by atoms with E-state index in [0.717, 1.165) is 5.56 Å². The van der Waals surface area contributed by atoms with Crippen LogP contribution in [0.1, 0.15) is 20.8 Å². The Morgan fingerprint density at radius 2 is 1.50 bits per heavy atom. The van der Waals surface area contributed by atoms with Gasteiger partial charge in [-0.15, -0.1) is 0 Å². The van der Waals surface area contributed by atoms with E-state index in [2.05, 4.69) is 0 Å². The fraction of sp³-hybridized carbons (Fsp3) is 0.308. The molecule has 1 aliphatic rings. The van der Waals surface area contributed by atoms with E-state index in [1.54, 1.807) is 12.1 Å². The van der Waals surface area contributed by atoms with Crippen molar-refractivity contribution in [2.45, 2.75) is 45.4 Å². The van der Waals surface area contributed by atoms with Crippen LogP contribution in [-0.4, -0.2) is 49.1 Å². The first-order valence-corrected chi connectivity index (χ1v) is 11.1. The van der Waals surface area contributed by atoms with Crippen LogP contribution in [0, 0.1) is 0 Å². The van der Waals surface area contributed by atoms with Crippen LogP contribution in [0.3, 0.4) is 0 Å². The fourth-order valence-electron chi connectivity index (χ4n) is 4.02. The van der Waals surface area contributed by atoms with Crippen molar-refractivity contribution in [3.8, 4) is 16.9 Å². The van der Waals surface area contributed by atoms with Crippen LogP contribution < -0.4 is 10.4 Å². The van der Waals surface area contributed by atoms with E-state index < -0.39 is 48.1 Å². The zero-order valence-corrected chi connectivity index (χ0v) is 19.8. The molecule has 0 amide bonds. The standard InChI is InChI=1S/C26H24O10/c1-14(27)32-22-13-31-26(25(34-16(3)29)24(22)33-15(2)28)35-18-9-10-19-20(17-7-5-4-6-8-17)12-23(30)36-21(19)11-18/h4-12,22,24-26H,13H2,1-3H3/t22-,24-,25+,26-/m0/s1. The number of fused-ring (bicyclic) bond motifs is 1. The number of ether oxygens (including phenoxy) is 5. The van der Waals surface area contributed by atoms with Gasteiger partial charge >= 0.3 is 23.5 Å². The summed E-state index contributed by atoms with van der Waals surface area (Å²) in [5.74, 6) is -1.74. The van der Waals surface area contributed by atoms with Gasteiger partial charge in [0, 0.05) is 38.3 Å². The molecule has 0 unspecified atom stereocenters. The number of esters is 3. The Balaban J connectivity index is 1.66. The molecule has 4 atom stereocenters. The molecule has 188 valence electrons. The number of hydrogen-bond acceptors (Lipinski definition) is 10. The molecule has 0 N–H and O–H groups in total. The molecule has 1 aliphatic heterocycles. The third-order valence-corrected chi connectivity index (χ3v) is 5.36. The largest absolute Gasteiger partial charge is 0.461 e. The summed E-state index contributed by atoms with van der Waals surface area (Å²) in [5.41, 5.74) is 1.27. The van der Waals surface area contributed by atoms with Gasteiger partial charge in [-0.2, -0.15) is 0 Å². The van der Waals surface area contributed by atoms with Crippen LogP contribution in [0.4, 0.5) is 0 Å². The molecule has 1 fully saturated rings. The molecule has 10 nitrogen and oxygen atoms in total. The van der Waals surface area contributed by atoms with Crippen LogP contribution in [0.15, 0.2) is 63.8 Å². The van der Waals surface area contributed by atoms with Crippen LogP contribution in [0.5, 0.6) is 5.75 Å². The van der Waals surface area contributed by atoms with E-state index in [0.29, 0.717) is 10.9 Å². The molecule has 4 rings (SSSR count). The Kier molecular flexibility index (Phi) is 7.35. The van der Waals surface area contributed by atoms with Gasteiger partial charge < -0.3 is 28.1 Å². The van der Waals surface area contributed by atoms with Crippen molar-refractivity contribution in [1.82, 2.24) is 0 Å². The molecule has 2 aromatic carbocycles. The maximum absolute atomic E-state index is 12.2. The Labute approximate surface area is 205 Å². The van der Waals surface area contributed by atoms with Gasteiger partial charge in [-0.05, 0) is 23.3 Å². The summed E-state index contributed by atoms with van der Waals surface area (Å²) in [6.45, 7) is 3.37. The van der Waals surface area contributed by atoms with Gasteiger partial charge in [-0.1, -0.05) is 30.3 Å². The Bertz CT molecular complexity index is 1330. The summed E-state index contributed by atoms with van der Waals surface area (Å²) in [4.78, 5) is 47.3. The molecule has 10 heteroatoms. The highest BCUT2D eigenvalue weighted by Gasteiger charge is 2.48. The van der Waals surface area contributed by atoms with Crippen molar-refractivity contribution in [3.63, 3.8) is 0 Å². The first kappa shape index (κ1) is 24.9. The lowest BCUT2D eigenvalue weighted by atomic mass is 10.0. The number of hydrogen-bond donors (Lipinski definition) is 0. The molecule has 1 saturated heterocycles. The summed E-state index contributed by atoms with van der Waals surface area (Å²) in [7, 11) is 0. The van der Waals surface area contributed by atoms with E-state index in [-0.39, 0.29) is 17.9 Å². The zero-order valence-electron chi connectivity index (χ0n) is 19.8. The predicted molar refractivity (Wildman–Crippen MR) is 125 cm³/mol. The molecule has 1 aromatic heterocycles. The minimum atomic E-state index is -1.25. The average Bonchev–Trinajstić information content (AvgIpc) is 2.81. The van der Waals surface area contributed by atoms with Gasteiger partial charge in [0.2, 0.25) is 12.4 Å². The lowest BCUT2D eigenvalue weighted by molar-refractivity contribution is -0.259. The van der Waals surface area contributed by atoms with E-state index in [1.165, 1.54) is 32.9 Å². The average molecular weight is 496 g/mol. The second-order valence-electron chi connectivity index (χ2n) is 8.12. The Morgan fingerprint density at radius 3 is 2.17 bits per heavy atom. The van der Waals surface area contributed by atoms with E-state index in [4.69, 9.17) is 28.1 Å². The minimum Gasteiger partial charge on any atom is -0.461 e. The van der Waals surface area contributed by atoms with Gasteiger partial charge in [0.1, 0.15) is 11.3 Å². The van der Waals surface area contributed by atoms with Crippen LogP contribution >= 0.6 is 0 Å². The third kappa shape index (κ3) is 5.72. The predicted octanol–water partition coefficient (Wildman–Crippen LogP) is 2.99. The number of carbonyl (C=O) groups excluding carboxylic acids is 3. The lowest BCUT2D eigenvalue weighted by Crippen LogP contribution is -2.59. The van der Waals surface area contributed by atoms with E-state index in [9.17, 15) is 19.2 Å². The smallest absolute Gasteiger partial charge is 0.336 e. The van der Waals surface area contributed by atoms with Crippen LogP contribution in [-0.2, 0) is 33.3 Å². The van der Waals surface area contributed by atoms with E-state index in [1.807, 2.05) is 30.3 Å². The Hall–Kier alpha value is -4.18. The number of benzene rings is 2. The molecular weight excluding hydrogens is 472 g/mol. The van der Waals surface area contributed by atoms with Gasteiger partial charge in [0.15, 0.2) is 12.2 Å². The van der Waals surface area contributed by atoms with Crippen molar-refractivity contribution >= 4 is 28.9 Å². The topological polar surface area (TPSA) is 128 Å². The van der Waals surface area contributed by atoms with Crippen molar-refractivity contribution in [2.24, 2.45) is 0 Å². The summed E-state index contributed by atoms with van der Waals surface area (Å²) >= 11 is 0. The van der Waals surface area contributed by atoms with Crippen molar-refractivity contribution in [2.75, 3.05) is 6.61 Å². The van der Waals surface area contributed by atoms with Gasteiger partial charge in [0.25, 0.3) is 0 Å². The first-order chi connectivity index (χ1) is 17.2. The SMILES string of the molecule is CC(=O)O[C@@H]1[C@@H](OC(C)=O)[C@H](Oc2ccc3c(-c4ccccc4)cc(=O)oc3c2)OC[C@@H]1OC(C)=O. The molecule has 3 aromatic rings. The second-order valence-corrected chi connectivity index (χ2v) is 8.12. The van der Waals surface area contributed by atoms with Gasteiger partial charge in [-0.3, -0.25) is 14.4 Å². The summed E-state index contributed by atoms with van der Waals surface area (Å²) < 4.78 is 32.9. The van der Waals surface area contributed by atoms with Crippen molar-refractivity contribution in [1.29, 1.82) is 0 Å². The number of rotatable bonds is 6. The number of carbonyl (C=O) groups is 3. The van der Waals surface area contributed by atoms with Gasteiger partial charge in [0.05, 0.1) is 6.61 Å². The van der Waals surface area contributed by atoms with Crippen molar-refractivity contribution in [3.05, 3.63) is 65.0 Å². The molecule has 0 aliphatic carbocycles. The minimum absolute atomic E-state index is 0.180. The maximum atomic E-state index is 12.2. The molecule has 36 heavy (non-hydrogen) atoms. The molecular formula is C26H24O10. The lowest BCUT2D eigenvalue weighted by Gasteiger charge is -2.40. The summed E-state index contributed by atoms with van der Waals surface area (Å²) in [6, 6.07) is 15.7. The van der Waals surface area contributed by atoms with Crippen LogP contribution in [0.25, 0.3) is 22.1 Å².